The lowest BCUT2D eigenvalue weighted by molar-refractivity contribution is -0.0801. The van der Waals surface area contributed by atoms with Crippen molar-refractivity contribution in [2.24, 2.45) is 5.41 Å². The lowest BCUT2D eigenvalue weighted by Crippen LogP contribution is -2.44. The predicted molar refractivity (Wildman–Crippen MR) is 119 cm³/mol. The second-order valence-electron chi connectivity index (χ2n) is 9.39. The number of fused-ring (bicyclic) bond motifs is 3. The van der Waals surface area contributed by atoms with Gasteiger partial charge in [-0.25, -0.2) is 0 Å². The maximum Gasteiger partial charge on any atom is 0.409 e. The smallest absolute Gasteiger partial charge is 0.409 e. The van der Waals surface area contributed by atoms with Crippen LogP contribution in [0.2, 0.25) is 0 Å². The van der Waals surface area contributed by atoms with Gasteiger partial charge >= 0.3 is 6.18 Å². The first-order valence-electron chi connectivity index (χ1n) is 11.4. The summed E-state index contributed by atoms with van der Waals surface area (Å²) in [7, 11) is 0. The molecule has 0 spiro atoms. The molecule has 2 aromatic rings. The van der Waals surface area contributed by atoms with Crippen molar-refractivity contribution in [3.8, 4) is 16.9 Å². The lowest BCUT2D eigenvalue weighted by atomic mass is 9.51. The summed E-state index contributed by atoms with van der Waals surface area (Å²) in [5.74, 6) is 0.561. The van der Waals surface area contributed by atoms with E-state index in [1.54, 1.807) is 12.1 Å². The fourth-order valence-corrected chi connectivity index (χ4v) is 5.69. The molecule has 1 nitrogen and oxygen atoms in total. The molecule has 0 saturated heterocycles. The average Bonchev–Trinajstić information content (AvgIpc) is 2.78. The minimum Gasteiger partial charge on any atom is -0.490 e. The minimum absolute atomic E-state index is 0.102. The van der Waals surface area contributed by atoms with E-state index in [1.165, 1.54) is 56.9 Å². The van der Waals surface area contributed by atoms with Crippen LogP contribution in [0.4, 0.5) is 13.2 Å². The van der Waals surface area contributed by atoms with Gasteiger partial charge in [-0.05, 0) is 90.7 Å². The van der Waals surface area contributed by atoms with E-state index in [0.717, 1.165) is 17.2 Å². The molecule has 0 radical (unpaired) electrons. The summed E-state index contributed by atoms with van der Waals surface area (Å²) in [4.78, 5) is 0. The first-order valence-corrected chi connectivity index (χ1v) is 11.4. The van der Waals surface area contributed by atoms with Gasteiger partial charge in [0.05, 0.1) is 0 Å². The number of rotatable bonds is 7. The highest BCUT2D eigenvalue weighted by atomic mass is 19.4. The molecule has 166 valence electrons. The topological polar surface area (TPSA) is 9.23 Å². The van der Waals surface area contributed by atoms with Crippen molar-refractivity contribution in [2.45, 2.75) is 69.9 Å². The third-order valence-corrected chi connectivity index (χ3v) is 7.52. The molecular formula is C27H31F3O. The molecule has 0 aromatic heterocycles. The van der Waals surface area contributed by atoms with E-state index < -0.39 is 6.18 Å². The largest absolute Gasteiger partial charge is 0.490 e. The first kappa shape index (κ1) is 22.0. The fraction of sp³-hybridized carbons (Fsp3) is 0.481. The Hall–Kier alpha value is -2.23. The Kier molecular flexibility index (Phi) is 6.18. The van der Waals surface area contributed by atoms with Crippen LogP contribution < -0.4 is 4.74 Å². The summed E-state index contributed by atoms with van der Waals surface area (Å²) in [5, 5.41) is 0. The zero-order valence-corrected chi connectivity index (χ0v) is 18.2. The molecule has 0 amide bonds. The van der Waals surface area contributed by atoms with E-state index >= 15 is 0 Å². The van der Waals surface area contributed by atoms with Crippen molar-refractivity contribution in [3.63, 3.8) is 0 Å². The molecule has 2 bridgehead atoms. The molecule has 3 aliphatic carbocycles. The molecular weight excluding hydrogens is 397 g/mol. The lowest BCUT2D eigenvalue weighted by Gasteiger charge is -2.54. The molecule has 31 heavy (non-hydrogen) atoms. The molecule has 0 heterocycles. The van der Waals surface area contributed by atoms with Gasteiger partial charge in [0, 0.05) is 6.08 Å². The van der Waals surface area contributed by atoms with Crippen LogP contribution in [-0.2, 0) is 5.41 Å². The summed E-state index contributed by atoms with van der Waals surface area (Å²) in [6.45, 7) is 2.21. The van der Waals surface area contributed by atoms with Gasteiger partial charge in [-0.1, -0.05) is 49.7 Å². The van der Waals surface area contributed by atoms with Crippen LogP contribution >= 0.6 is 0 Å². The highest BCUT2D eigenvalue weighted by molar-refractivity contribution is 5.64. The zero-order valence-electron chi connectivity index (χ0n) is 18.2. The quantitative estimate of drug-likeness (QED) is 0.404. The van der Waals surface area contributed by atoms with Crippen LogP contribution in [0.1, 0.15) is 63.9 Å². The number of hydrogen-bond donors (Lipinski definition) is 0. The maximum atomic E-state index is 12.1. The van der Waals surface area contributed by atoms with E-state index in [2.05, 4.69) is 31.2 Å². The van der Waals surface area contributed by atoms with Gasteiger partial charge in [-0.3, -0.25) is 0 Å². The molecule has 3 fully saturated rings. The van der Waals surface area contributed by atoms with E-state index in [-0.39, 0.29) is 12.7 Å². The highest BCUT2D eigenvalue weighted by Crippen LogP contribution is 2.59. The molecule has 0 unspecified atom stereocenters. The molecule has 0 aliphatic heterocycles. The van der Waals surface area contributed by atoms with Crippen molar-refractivity contribution in [1.82, 2.24) is 0 Å². The third kappa shape index (κ3) is 4.99. The number of halogens is 3. The normalized spacial score (nSPS) is 25.8. The Labute approximate surface area is 183 Å². The molecule has 5 rings (SSSR count). The molecule has 0 atom stereocenters. The van der Waals surface area contributed by atoms with Crippen molar-refractivity contribution in [1.29, 1.82) is 0 Å². The number of benzene rings is 2. The van der Waals surface area contributed by atoms with Gasteiger partial charge in [0.1, 0.15) is 12.4 Å². The van der Waals surface area contributed by atoms with E-state index in [9.17, 15) is 13.2 Å². The van der Waals surface area contributed by atoms with Gasteiger partial charge in [0.25, 0.3) is 0 Å². The van der Waals surface area contributed by atoms with Crippen molar-refractivity contribution in [2.75, 3.05) is 6.61 Å². The minimum atomic E-state index is -4.30. The summed E-state index contributed by atoms with van der Waals surface area (Å²) >= 11 is 0. The van der Waals surface area contributed by atoms with Crippen LogP contribution in [0, 0.1) is 5.41 Å². The van der Waals surface area contributed by atoms with E-state index in [1.807, 2.05) is 12.1 Å². The second-order valence-corrected chi connectivity index (χ2v) is 9.39. The van der Waals surface area contributed by atoms with Gasteiger partial charge in [0.15, 0.2) is 0 Å². The molecule has 0 N–H and O–H groups in total. The van der Waals surface area contributed by atoms with Crippen LogP contribution in [0.25, 0.3) is 11.1 Å². The van der Waals surface area contributed by atoms with E-state index in [4.69, 9.17) is 4.74 Å². The molecule has 2 aromatic carbocycles. The van der Waals surface area contributed by atoms with Gasteiger partial charge in [0.2, 0.25) is 0 Å². The Bertz CT molecular complexity index is 869. The Morgan fingerprint density at radius 3 is 1.90 bits per heavy atom. The second kappa shape index (κ2) is 8.72. The van der Waals surface area contributed by atoms with Crippen molar-refractivity contribution in [3.05, 3.63) is 66.2 Å². The zero-order chi connectivity index (χ0) is 22.0. The van der Waals surface area contributed by atoms with Gasteiger partial charge in [-0.2, -0.15) is 13.2 Å². The summed E-state index contributed by atoms with van der Waals surface area (Å²) in [6.07, 6.45) is 7.67. The van der Waals surface area contributed by atoms with Gasteiger partial charge in [-0.15, -0.1) is 0 Å². The molecule has 4 heteroatoms. The number of ether oxygens (including phenoxy) is 1. The van der Waals surface area contributed by atoms with E-state index in [0.29, 0.717) is 16.6 Å². The van der Waals surface area contributed by atoms with Crippen LogP contribution in [0.3, 0.4) is 0 Å². The third-order valence-electron chi connectivity index (χ3n) is 7.52. The van der Waals surface area contributed by atoms with Crippen molar-refractivity contribution >= 4 is 0 Å². The Balaban J connectivity index is 1.38. The molecule has 3 saturated carbocycles. The Morgan fingerprint density at radius 1 is 0.839 bits per heavy atom. The summed E-state index contributed by atoms with van der Waals surface area (Å²) < 4.78 is 41.7. The van der Waals surface area contributed by atoms with Crippen LogP contribution in [-0.4, -0.2) is 12.8 Å². The SMILES string of the molecule is CCCC12CCC(c3ccc(-c4ccc(OC/C=C/C(F)(F)F)cc4)cc3)(CC1)CC2. The molecule has 3 aliphatic rings. The standard InChI is InChI=1S/C27H31F3O/c1-2-12-25-14-17-26(18-15-25,19-16-25)23-8-4-21(5-9-23)22-6-10-24(11-7-22)31-20-3-13-27(28,29)30/h3-11,13H,2,12,14-20H2,1H3/b13-3+. The number of alkyl halides is 3. The number of allylic oxidation sites excluding steroid dienone is 1. The fourth-order valence-electron chi connectivity index (χ4n) is 5.69. The maximum absolute atomic E-state index is 12.1. The van der Waals surface area contributed by atoms with Crippen LogP contribution in [0.15, 0.2) is 60.7 Å². The van der Waals surface area contributed by atoms with Gasteiger partial charge < -0.3 is 4.74 Å². The Morgan fingerprint density at radius 2 is 1.39 bits per heavy atom. The first-order chi connectivity index (χ1) is 14.8. The number of hydrogen-bond acceptors (Lipinski definition) is 1. The highest BCUT2D eigenvalue weighted by Gasteiger charge is 2.48. The monoisotopic (exact) mass is 428 g/mol. The predicted octanol–water partition coefficient (Wildman–Crippen LogP) is 8.24. The summed E-state index contributed by atoms with van der Waals surface area (Å²) in [5.41, 5.74) is 4.71. The van der Waals surface area contributed by atoms with Crippen molar-refractivity contribution < 1.29 is 17.9 Å². The van der Waals surface area contributed by atoms with Crippen LogP contribution in [0.5, 0.6) is 5.75 Å². The average molecular weight is 429 g/mol. The summed E-state index contributed by atoms with van der Waals surface area (Å²) in [6, 6.07) is 16.5.